The van der Waals surface area contributed by atoms with Gasteiger partial charge in [0.05, 0.1) is 22.6 Å². The molecule has 0 saturated heterocycles. The van der Waals surface area contributed by atoms with Gasteiger partial charge in [0, 0.05) is 0 Å². The molecule has 4 aliphatic rings. The van der Waals surface area contributed by atoms with Gasteiger partial charge in [0.25, 0.3) is 0 Å². The van der Waals surface area contributed by atoms with Crippen LogP contribution in [-0.4, -0.2) is 18.8 Å². The van der Waals surface area contributed by atoms with Gasteiger partial charge in [-0.2, -0.15) is 0 Å². The van der Waals surface area contributed by atoms with Crippen LogP contribution in [0.25, 0.3) is 5.69 Å². The van der Waals surface area contributed by atoms with Crippen LogP contribution in [0.1, 0.15) is 12.1 Å². The van der Waals surface area contributed by atoms with Gasteiger partial charge in [0.1, 0.15) is 0 Å². The standard InChI is InChI=1S/C19H14BrN3O2/c20-17-13-8-4-5-9-14(17)16-11-10-15(13)22-18(24)21(19(25)23(16)22)12-6-2-1-3-7-12/h1-11,15-17H/t15-,16+,17?. The molecule has 5 nitrogen and oxygen atoms in total. The quantitative estimate of drug-likeness (QED) is 0.550. The van der Waals surface area contributed by atoms with Crippen LogP contribution in [0.15, 0.2) is 87.5 Å². The molecule has 3 atom stereocenters. The number of hydrogen-bond acceptors (Lipinski definition) is 2. The molecule has 1 unspecified atom stereocenters. The van der Waals surface area contributed by atoms with E-state index in [4.69, 9.17) is 0 Å². The molecule has 1 aromatic carbocycles. The van der Waals surface area contributed by atoms with Crippen molar-refractivity contribution >= 4 is 15.9 Å². The molecule has 3 heterocycles. The van der Waals surface area contributed by atoms with Crippen molar-refractivity contribution in [2.24, 2.45) is 0 Å². The summed E-state index contributed by atoms with van der Waals surface area (Å²) in [6.07, 6.45) is 12.0. The molecule has 2 aromatic rings. The van der Waals surface area contributed by atoms with Gasteiger partial charge in [-0.3, -0.25) is 0 Å². The maximum absolute atomic E-state index is 13.1. The smallest absolute Gasteiger partial charge is 0.245 e. The number of nitrogens with zero attached hydrogens (tertiary/aromatic N) is 3. The van der Waals surface area contributed by atoms with Crippen molar-refractivity contribution in [3.05, 3.63) is 98.9 Å². The molecule has 0 radical (unpaired) electrons. The largest absolute Gasteiger partial charge is 0.352 e. The highest BCUT2D eigenvalue weighted by Gasteiger charge is 2.40. The molecule has 25 heavy (non-hydrogen) atoms. The van der Waals surface area contributed by atoms with Crippen molar-refractivity contribution in [3.8, 4) is 5.69 Å². The second-order valence-corrected chi connectivity index (χ2v) is 7.20. The van der Waals surface area contributed by atoms with Gasteiger partial charge in [0.2, 0.25) is 0 Å². The minimum absolute atomic E-state index is 0.00359. The predicted octanol–water partition coefficient (Wildman–Crippen LogP) is 2.65. The fourth-order valence-corrected chi connectivity index (χ4v) is 4.69. The fourth-order valence-electron chi connectivity index (χ4n) is 3.84. The minimum Gasteiger partial charge on any atom is -0.245 e. The molecule has 0 saturated carbocycles. The van der Waals surface area contributed by atoms with Crippen LogP contribution in [-0.2, 0) is 0 Å². The predicted molar refractivity (Wildman–Crippen MR) is 99.5 cm³/mol. The van der Waals surface area contributed by atoms with Crippen molar-refractivity contribution in [2.75, 3.05) is 0 Å². The van der Waals surface area contributed by atoms with Crippen LogP contribution >= 0.6 is 15.9 Å². The third kappa shape index (κ3) is 1.88. The minimum atomic E-state index is -0.313. The second kappa shape index (κ2) is 5.20. The number of benzene rings is 1. The van der Waals surface area contributed by atoms with Gasteiger partial charge >= 0.3 is 11.4 Å². The fraction of sp³-hybridized carbons (Fsp3) is 0.158. The molecular formula is C19H14BrN3O2. The number of halogens is 1. The monoisotopic (exact) mass is 395 g/mol. The van der Waals surface area contributed by atoms with E-state index < -0.39 is 0 Å². The van der Waals surface area contributed by atoms with E-state index in [1.807, 2.05) is 54.7 Å². The lowest BCUT2D eigenvalue weighted by Gasteiger charge is -2.23. The first kappa shape index (κ1) is 14.7. The molecule has 2 aliphatic heterocycles. The SMILES string of the molecule is O=c1n(-c2ccccc2)c(=O)n2n1[C@@H]1C=C[C@H]2C2=CC=CC=C1C2Br. The van der Waals surface area contributed by atoms with Crippen molar-refractivity contribution in [1.29, 1.82) is 0 Å². The van der Waals surface area contributed by atoms with Crippen LogP contribution in [0.5, 0.6) is 0 Å². The summed E-state index contributed by atoms with van der Waals surface area (Å²) in [5, 5.41) is 0. The highest BCUT2D eigenvalue weighted by Crippen LogP contribution is 2.43. The lowest BCUT2D eigenvalue weighted by Crippen LogP contribution is -2.34. The molecule has 0 N–H and O–H groups in total. The van der Waals surface area contributed by atoms with Gasteiger partial charge in [-0.05, 0) is 23.3 Å². The average molecular weight is 396 g/mol. The number of allylic oxidation sites excluding steroid dienone is 8. The number of alkyl halides is 1. The average Bonchev–Trinajstić information content (AvgIpc) is 2.77. The lowest BCUT2D eigenvalue weighted by molar-refractivity contribution is 0.414. The molecule has 6 rings (SSSR count). The summed E-state index contributed by atoms with van der Waals surface area (Å²) < 4.78 is 4.42. The van der Waals surface area contributed by atoms with Crippen molar-refractivity contribution in [2.45, 2.75) is 16.9 Å². The normalized spacial score (nSPS) is 25.9. The highest BCUT2D eigenvalue weighted by molar-refractivity contribution is 9.09. The summed E-state index contributed by atoms with van der Waals surface area (Å²) in [7, 11) is 0. The maximum Gasteiger partial charge on any atom is 0.352 e. The summed E-state index contributed by atoms with van der Waals surface area (Å²) in [4.78, 5) is 26.3. The Morgan fingerprint density at radius 3 is 1.84 bits per heavy atom. The summed E-state index contributed by atoms with van der Waals surface area (Å²) in [6.45, 7) is 0. The Morgan fingerprint density at radius 1 is 0.800 bits per heavy atom. The van der Waals surface area contributed by atoms with E-state index in [0.29, 0.717) is 5.69 Å². The van der Waals surface area contributed by atoms with E-state index in [0.717, 1.165) is 11.1 Å². The van der Waals surface area contributed by atoms with Gasteiger partial charge in [-0.1, -0.05) is 70.6 Å². The molecule has 0 amide bonds. The van der Waals surface area contributed by atoms with E-state index in [2.05, 4.69) is 15.9 Å². The van der Waals surface area contributed by atoms with Gasteiger partial charge in [-0.15, -0.1) is 0 Å². The highest BCUT2D eigenvalue weighted by atomic mass is 79.9. The Kier molecular flexibility index (Phi) is 3.06. The van der Waals surface area contributed by atoms with Crippen molar-refractivity contribution < 1.29 is 0 Å². The Balaban J connectivity index is 1.86. The van der Waals surface area contributed by atoms with Crippen LogP contribution in [0.3, 0.4) is 0 Å². The van der Waals surface area contributed by atoms with Crippen molar-refractivity contribution in [3.63, 3.8) is 0 Å². The Labute approximate surface area is 151 Å². The van der Waals surface area contributed by atoms with Crippen LogP contribution in [0.4, 0.5) is 0 Å². The third-order valence-corrected chi connectivity index (χ3v) is 6.04. The molecule has 4 bridgehead atoms. The van der Waals surface area contributed by atoms with Crippen LogP contribution < -0.4 is 11.4 Å². The molecule has 0 fully saturated rings. The van der Waals surface area contributed by atoms with E-state index in [1.165, 1.54) is 4.57 Å². The second-order valence-electron chi connectivity index (χ2n) is 6.28. The van der Waals surface area contributed by atoms with E-state index in [1.54, 1.807) is 21.5 Å². The summed E-state index contributed by atoms with van der Waals surface area (Å²) in [6, 6.07) is 8.51. The van der Waals surface area contributed by atoms with Gasteiger partial charge in [-0.25, -0.2) is 23.5 Å². The summed E-state index contributed by atoms with van der Waals surface area (Å²) in [5.41, 5.74) is 2.07. The van der Waals surface area contributed by atoms with Crippen LogP contribution in [0.2, 0.25) is 0 Å². The summed E-state index contributed by atoms with van der Waals surface area (Å²) in [5.74, 6) is 0. The van der Waals surface area contributed by atoms with E-state index in [-0.39, 0.29) is 28.3 Å². The third-order valence-electron chi connectivity index (χ3n) is 4.98. The maximum atomic E-state index is 13.1. The van der Waals surface area contributed by atoms with Gasteiger partial charge in [0.15, 0.2) is 0 Å². The first-order chi connectivity index (χ1) is 12.2. The van der Waals surface area contributed by atoms with E-state index in [9.17, 15) is 9.59 Å². The molecule has 6 heteroatoms. The first-order valence-corrected chi connectivity index (χ1v) is 9.02. The zero-order chi connectivity index (χ0) is 17.1. The zero-order valence-electron chi connectivity index (χ0n) is 13.1. The number of aromatic nitrogens is 3. The Hall–Kier alpha value is -2.60. The van der Waals surface area contributed by atoms with Gasteiger partial charge < -0.3 is 0 Å². The van der Waals surface area contributed by atoms with E-state index >= 15 is 0 Å². The molecule has 1 aromatic heterocycles. The number of rotatable bonds is 1. The molecular weight excluding hydrogens is 382 g/mol. The zero-order valence-corrected chi connectivity index (χ0v) is 14.7. The molecule has 2 aliphatic carbocycles. The Bertz CT molecular complexity index is 1050. The number of hydrogen-bond donors (Lipinski definition) is 0. The first-order valence-electron chi connectivity index (χ1n) is 8.10. The number of para-hydroxylation sites is 1. The van der Waals surface area contributed by atoms with Crippen molar-refractivity contribution in [1.82, 2.24) is 13.9 Å². The lowest BCUT2D eigenvalue weighted by atomic mass is 10.0. The molecule has 0 spiro atoms. The molecule has 124 valence electrons. The summed E-state index contributed by atoms with van der Waals surface area (Å²) >= 11 is 3.75. The van der Waals surface area contributed by atoms with Crippen LogP contribution in [0, 0.1) is 0 Å². The topological polar surface area (TPSA) is 48.9 Å². The Morgan fingerprint density at radius 2 is 1.32 bits per heavy atom.